The lowest BCUT2D eigenvalue weighted by molar-refractivity contribution is 0.468. The van der Waals surface area contributed by atoms with E-state index in [2.05, 4.69) is 26.0 Å². The second kappa shape index (κ2) is 10.6. The van der Waals surface area contributed by atoms with Crippen LogP contribution in [0.25, 0.3) is 0 Å². The second-order valence-corrected chi connectivity index (χ2v) is 7.90. The van der Waals surface area contributed by atoms with Crippen molar-refractivity contribution in [3.63, 3.8) is 0 Å². The molecule has 0 spiro atoms. The predicted octanol–water partition coefficient (Wildman–Crippen LogP) is 4.16. The molecule has 0 amide bonds. The summed E-state index contributed by atoms with van der Waals surface area (Å²) in [4.78, 5) is 18.2. The number of nitrogens with two attached hydrogens (primary N) is 1. The summed E-state index contributed by atoms with van der Waals surface area (Å²) < 4.78 is 0. The molecule has 5 nitrogen and oxygen atoms in total. The molecule has 4 heterocycles. The Morgan fingerprint density at radius 3 is 1.50 bits per heavy atom. The van der Waals surface area contributed by atoms with Gasteiger partial charge in [0.05, 0.1) is 0 Å². The van der Waals surface area contributed by atoms with Crippen LogP contribution in [0.1, 0.15) is 22.8 Å². The van der Waals surface area contributed by atoms with Crippen molar-refractivity contribution in [1.82, 2.24) is 19.9 Å². The van der Waals surface area contributed by atoms with Crippen LogP contribution in [0.5, 0.6) is 0 Å². The Bertz CT molecular complexity index is 1070. The minimum absolute atomic E-state index is 0.602. The molecule has 4 rings (SSSR count). The first-order chi connectivity index (χ1) is 15.7. The summed E-state index contributed by atoms with van der Waals surface area (Å²) >= 11 is 0. The van der Waals surface area contributed by atoms with Crippen LogP contribution < -0.4 is 5.73 Å². The third-order valence-corrected chi connectivity index (χ3v) is 5.47. The van der Waals surface area contributed by atoms with E-state index in [4.69, 9.17) is 5.73 Å². The van der Waals surface area contributed by atoms with Crippen molar-refractivity contribution in [2.45, 2.75) is 31.2 Å². The first-order valence-corrected chi connectivity index (χ1v) is 10.8. The van der Waals surface area contributed by atoms with Gasteiger partial charge in [0.15, 0.2) is 0 Å². The highest BCUT2D eigenvalue weighted by Crippen LogP contribution is 2.27. The zero-order chi connectivity index (χ0) is 22.1. The fourth-order valence-electron chi connectivity index (χ4n) is 3.84. The standard InChI is InChI=1S/C27H27N5/c28-27(20-25-11-3-7-17-31-25,21-26-12-4-8-18-32-26)22(19-24-10-2-6-16-30-24)13-14-23-9-1-5-15-29-23/h1-13,15-18H,14,19-21,28H2. The lowest BCUT2D eigenvalue weighted by atomic mass is 9.79. The maximum Gasteiger partial charge on any atom is 0.0484 e. The van der Waals surface area contributed by atoms with Crippen molar-refractivity contribution in [3.8, 4) is 0 Å². The van der Waals surface area contributed by atoms with Gasteiger partial charge in [-0.25, -0.2) is 0 Å². The summed E-state index contributed by atoms with van der Waals surface area (Å²) in [5.74, 6) is 0. The smallest absolute Gasteiger partial charge is 0.0484 e. The quantitative estimate of drug-likeness (QED) is 0.411. The normalized spacial score (nSPS) is 12.0. The molecule has 0 aromatic carbocycles. The van der Waals surface area contributed by atoms with Crippen LogP contribution in [-0.2, 0) is 25.7 Å². The molecule has 0 atom stereocenters. The SMILES string of the molecule is NC(Cc1ccccn1)(Cc1ccccn1)C(=CCc1ccccn1)Cc1ccccn1. The third-order valence-electron chi connectivity index (χ3n) is 5.47. The number of hydrogen-bond acceptors (Lipinski definition) is 5. The van der Waals surface area contributed by atoms with Gasteiger partial charge in [0.1, 0.15) is 0 Å². The molecule has 0 bridgehead atoms. The van der Waals surface area contributed by atoms with Gasteiger partial charge in [-0.05, 0) is 54.1 Å². The third kappa shape index (κ3) is 5.93. The van der Waals surface area contributed by atoms with Gasteiger partial charge >= 0.3 is 0 Å². The van der Waals surface area contributed by atoms with Crippen LogP contribution in [0, 0.1) is 0 Å². The van der Waals surface area contributed by atoms with E-state index in [0.717, 1.165) is 28.3 Å². The van der Waals surface area contributed by atoms with E-state index in [9.17, 15) is 0 Å². The topological polar surface area (TPSA) is 77.6 Å². The van der Waals surface area contributed by atoms with Crippen LogP contribution in [0.15, 0.2) is 109 Å². The summed E-state index contributed by atoms with van der Waals surface area (Å²) in [5.41, 5.74) is 11.6. The van der Waals surface area contributed by atoms with Gasteiger partial charge < -0.3 is 5.73 Å². The average molecular weight is 422 g/mol. The molecule has 160 valence electrons. The van der Waals surface area contributed by atoms with E-state index in [1.807, 2.05) is 97.6 Å². The number of rotatable bonds is 9. The molecule has 32 heavy (non-hydrogen) atoms. The van der Waals surface area contributed by atoms with Crippen LogP contribution >= 0.6 is 0 Å². The zero-order valence-electron chi connectivity index (χ0n) is 18.0. The van der Waals surface area contributed by atoms with Crippen molar-refractivity contribution < 1.29 is 0 Å². The van der Waals surface area contributed by atoms with Crippen LogP contribution in [0.4, 0.5) is 0 Å². The Hall–Kier alpha value is -3.70. The molecule has 2 N–H and O–H groups in total. The molecular formula is C27H27N5. The lowest BCUT2D eigenvalue weighted by Gasteiger charge is -2.33. The molecule has 0 aliphatic rings. The summed E-state index contributed by atoms with van der Waals surface area (Å²) in [6.45, 7) is 0. The summed E-state index contributed by atoms with van der Waals surface area (Å²) in [6.07, 6.45) is 12.0. The molecule has 4 aromatic heterocycles. The van der Waals surface area contributed by atoms with Crippen molar-refractivity contribution in [3.05, 3.63) is 132 Å². The molecular weight excluding hydrogens is 394 g/mol. The highest BCUT2D eigenvalue weighted by Gasteiger charge is 2.31. The van der Waals surface area contributed by atoms with E-state index < -0.39 is 5.54 Å². The first kappa shape index (κ1) is 21.5. The molecule has 0 aliphatic heterocycles. The maximum atomic E-state index is 7.22. The van der Waals surface area contributed by atoms with Crippen molar-refractivity contribution in [1.29, 1.82) is 0 Å². The predicted molar refractivity (Wildman–Crippen MR) is 127 cm³/mol. The Morgan fingerprint density at radius 2 is 1.06 bits per heavy atom. The highest BCUT2D eigenvalue weighted by molar-refractivity contribution is 5.32. The van der Waals surface area contributed by atoms with Crippen molar-refractivity contribution >= 4 is 0 Å². The average Bonchev–Trinajstić information content (AvgIpc) is 2.84. The van der Waals surface area contributed by atoms with Crippen LogP contribution in [0.2, 0.25) is 0 Å². The second-order valence-electron chi connectivity index (χ2n) is 7.90. The van der Waals surface area contributed by atoms with E-state index in [0.29, 0.717) is 25.7 Å². The van der Waals surface area contributed by atoms with E-state index >= 15 is 0 Å². The number of nitrogens with zero attached hydrogens (tertiary/aromatic N) is 4. The maximum absolute atomic E-state index is 7.22. The van der Waals surface area contributed by atoms with Gasteiger partial charge in [0.25, 0.3) is 0 Å². The van der Waals surface area contributed by atoms with Crippen LogP contribution in [0.3, 0.4) is 0 Å². The summed E-state index contributed by atoms with van der Waals surface area (Å²) in [6, 6.07) is 23.8. The minimum atomic E-state index is -0.672. The number of hydrogen-bond donors (Lipinski definition) is 1. The van der Waals surface area contributed by atoms with Gasteiger partial charge in [-0.1, -0.05) is 30.3 Å². The van der Waals surface area contributed by atoms with E-state index in [-0.39, 0.29) is 0 Å². The molecule has 0 unspecified atom stereocenters. The number of allylic oxidation sites excluding steroid dienone is 1. The van der Waals surface area contributed by atoms with Gasteiger partial charge in [0.2, 0.25) is 0 Å². The van der Waals surface area contributed by atoms with Gasteiger partial charge in [-0.15, -0.1) is 0 Å². The molecule has 4 aromatic rings. The van der Waals surface area contributed by atoms with Gasteiger partial charge in [-0.2, -0.15) is 0 Å². The fourth-order valence-corrected chi connectivity index (χ4v) is 3.84. The van der Waals surface area contributed by atoms with Crippen molar-refractivity contribution in [2.24, 2.45) is 5.73 Å². The Balaban J connectivity index is 1.73. The Labute approximate surface area is 189 Å². The molecule has 5 heteroatoms. The van der Waals surface area contributed by atoms with E-state index in [1.54, 1.807) is 0 Å². The van der Waals surface area contributed by atoms with Crippen molar-refractivity contribution in [2.75, 3.05) is 0 Å². The Morgan fingerprint density at radius 1 is 0.625 bits per heavy atom. The van der Waals surface area contributed by atoms with Gasteiger partial charge in [0, 0.05) is 78.8 Å². The molecule has 0 aliphatic carbocycles. The minimum Gasteiger partial charge on any atom is -0.321 e. The van der Waals surface area contributed by atoms with E-state index in [1.165, 1.54) is 0 Å². The zero-order valence-corrected chi connectivity index (χ0v) is 18.0. The molecule has 0 saturated heterocycles. The van der Waals surface area contributed by atoms with Gasteiger partial charge in [-0.3, -0.25) is 19.9 Å². The Kier molecular flexibility index (Phi) is 7.10. The number of pyridine rings is 4. The number of aromatic nitrogens is 4. The fraction of sp³-hybridized carbons (Fsp3) is 0.185. The molecule has 0 fully saturated rings. The molecule has 0 saturated carbocycles. The lowest BCUT2D eigenvalue weighted by Crippen LogP contribution is -2.47. The first-order valence-electron chi connectivity index (χ1n) is 10.8. The highest BCUT2D eigenvalue weighted by atomic mass is 14.8. The molecule has 0 radical (unpaired) electrons. The summed E-state index contributed by atoms with van der Waals surface area (Å²) in [5, 5.41) is 0. The van der Waals surface area contributed by atoms with Crippen LogP contribution in [-0.4, -0.2) is 25.5 Å². The largest absolute Gasteiger partial charge is 0.321 e. The monoisotopic (exact) mass is 421 g/mol. The summed E-state index contributed by atoms with van der Waals surface area (Å²) in [7, 11) is 0.